The van der Waals surface area contributed by atoms with Crippen molar-refractivity contribution in [2.24, 2.45) is 7.05 Å². The molecule has 2 aromatic heterocycles. The van der Waals surface area contributed by atoms with E-state index in [1.807, 2.05) is 4.90 Å². The Morgan fingerprint density at radius 1 is 1.20 bits per heavy atom. The van der Waals surface area contributed by atoms with Crippen molar-refractivity contribution >= 4 is 17.5 Å². The van der Waals surface area contributed by atoms with Crippen molar-refractivity contribution in [3.05, 3.63) is 47.0 Å². The second-order valence-electron chi connectivity index (χ2n) is 7.75. The minimum absolute atomic E-state index is 0.190. The number of hydrogen-bond acceptors (Lipinski definition) is 7. The minimum Gasteiger partial charge on any atom is -0.379 e. The van der Waals surface area contributed by atoms with E-state index in [2.05, 4.69) is 15.3 Å². The van der Waals surface area contributed by atoms with Gasteiger partial charge in [0.15, 0.2) is 17.5 Å². The Balaban J connectivity index is 1.77. The largest absolute Gasteiger partial charge is 0.379 e. The maximum absolute atomic E-state index is 14.2. The Morgan fingerprint density at radius 3 is 2.87 bits per heavy atom. The molecule has 2 aliphatic heterocycles. The van der Waals surface area contributed by atoms with Gasteiger partial charge in [0, 0.05) is 32.4 Å². The highest BCUT2D eigenvalue weighted by Crippen LogP contribution is 2.40. The maximum Gasteiger partial charge on any atom is 0.254 e. The van der Waals surface area contributed by atoms with Crippen molar-refractivity contribution in [1.82, 2.24) is 29.9 Å². The third-order valence-electron chi connectivity index (χ3n) is 5.70. The summed E-state index contributed by atoms with van der Waals surface area (Å²) in [4.78, 5) is 21.6. The van der Waals surface area contributed by atoms with Crippen LogP contribution in [0.25, 0.3) is 11.4 Å². The lowest BCUT2D eigenvalue weighted by molar-refractivity contribution is 0.0781. The van der Waals surface area contributed by atoms with Crippen LogP contribution in [0.5, 0.6) is 0 Å². The molecule has 1 fully saturated rings. The van der Waals surface area contributed by atoms with Crippen molar-refractivity contribution in [3.63, 3.8) is 0 Å². The number of benzene rings is 1. The molecule has 9 nitrogen and oxygen atoms in total. The molecule has 1 saturated heterocycles. The van der Waals surface area contributed by atoms with Crippen LogP contribution in [0.2, 0.25) is 0 Å². The number of nitrogen functional groups attached to an aromatic ring is 1. The van der Waals surface area contributed by atoms with Gasteiger partial charge in [0.2, 0.25) is 0 Å². The van der Waals surface area contributed by atoms with Crippen LogP contribution in [-0.4, -0.2) is 49.4 Å². The molecule has 3 aromatic rings. The van der Waals surface area contributed by atoms with Crippen LogP contribution >= 0.6 is 0 Å². The average Bonchev–Trinajstić information content (AvgIpc) is 3.34. The van der Waals surface area contributed by atoms with Gasteiger partial charge in [-0.25, -0.2) is 9.37 Å². The molecule has 5 rings (SSSR count). The number of fused-ring (bicyclic) bond motifs is 8. The molecule has 2 aliphatic rings. The Labute approximate surface area is 172 Å². The van der Waals surface area contributed by atoms with Gasteiger partial charge in [0.05, 0.1) is 23.8 Å². The van der Waals surface area contributed by atoms with Crippen LogP contribution in [0.3, 0.4) is 0 Å². The van der Waals surface area contributed by atoms with Gasteiger partial charge in [0.25, 0.3) is 5.91 Å². The molecule has 0 unspecified atom stereocenters. The third kappa shape index (κ3) is 2.87. The Kier molecular flexibility index (Phi) is 4.16. The van der Waals surface area contributed by atoms with Crippen molar-refractivity contribution in [3.8, 4) is 11.4 Å². The molecule has 2 bridgehead atoms. The highest BCUT2D eigenvalue weighted by atomic mass is 19.1. The highest BCUT2D eigenvalue weighted by Gasteiger charge is 2.34. The number of anilines is 2. The van der Waals surface area contributed by atoms with Crippen LogP contribution in [0, 0.1) is 5.82 Å². The summed E-state index contributed by atoms with van der Waals surface area (Å²) in [7, 11) is 3.51. The molecule has 0 aliphatic carbocycles. The molecule has 154 valence electrons. The molecule has 0 spiro atoms. The lowest BCUT2D eigenvalue weighted by Crippen LogP contribution is -2.31. The highest BCUT2D eigenvalue weighted by molar-refractivity contribution is 5.96. The van der Waals surface area contributed by atoms with Gasteiger partial charge in [-0.1, -0.05) is 0 Å². The topological polar surface area (TPSA) is 106 Å². The van der Waals surface area contributed by atoms with Crippen LogP contribution in [0.4, 0.5) is 16.0 Å². The molecule has 2 N–H and O–H groups in total. The first-order valence-corrected chi connectivity index (χ1v) is 9.77. The summed E-state index contributed by atoms with van der Waals surface area (Å²) >= 11 is 0. The number of rotatable bonds is 0. The fourth-order valence-electron chi connectivity index (χ4n) is 4.34. The zero-order chi connectivity index (χ0) is 21.0. The second-order valence-corrected chi connectivity index (χ2v) is 7.75. The summed E-state index contributed by atoms with van der Waals surface area (Å²) < 4.78 is 15.9. The predicted molar refractivity (Wildman–Crippen MR) is 108 cm³/mol. The standard InChI is InChI=1S/C20H21FN8O/c1-27-10-15-14(9-28(2)26-15)18-23-19(17(22)24-25-18)29-7-3-4-16(29)13-8-11(21)5-6-12(13)20(27)30/h5-6,8-9,16H,3-4,7,10H2,1-2H3,(H2,22,24)/t16-/m1/s1. The third-order valence-corrected chi connectivity index (χ3v) is 5.70. The number of nitrogens with two attached hydrogens (primary N) is 1. The van der Waals surface area contributed by atoms with Gasteiger partial charge < -0.3 is 15.5 Å². The molecule has 30 heavy (non-hydrogen) atoms. The second kappa shape index (κ2) is 6.75. The zero-order valence-electron chi connectivity index (χ0n) is 16.7. The van der Waals surface area contributed by atoms with E-state index in [4.69, 9.17) is 10.7 Å². The lowest BCUT2D eigenvalue weighted by atomic mass is 9.97. The van der Waals surface area contributed by atoms with E-state index in [-0.39, 0.29) is 30.1 Å². The van der Waals surface area contributed by atoms with E-state index in [9.17, 15) is 9.18 Å². The van der Waals surface area contributed by atoms with Crippen molar-refractivity contribution < 1.29 is 9.18 Å². The smallest absolute Gasteiger partial charge is 0.254 e. The summed E-state index contributed by atoms with van der Waals surface area (Å²) in [5, 5.41) is 12.8. The van der Waals surface area contributed by atoms with Gasteiger partial charge in [-0.05, 0) is 36.6 Å². The first-order valence-electron chi connectivity index (χ1n) is 9.77. The summed E-state index contributed by atoms with van der Waals surface area (Å²) in [5.74, 6) is 0.520. The average molecular weight is 408 g/mol. The summed E-state index contributed by atoms with van der Waals surface area (Å²) in [6, 6.07) is 4.08. The van der Waals surface area contributed by atoms with E-state index >= 15 is 0 Å². The van der Waals surface area contributed by atoms with Crippen LogP contribution in [0.15, 0.2) is 24.4 Å². The summed E-state index contributed by atoms with van der Waals surface area (Å²) in [6.45, 7) is 0.927. The normalized spacial score (nSPS) is 18.4. The maximum atomic E-state index is 14.2. The van der Waals surface area contributed by atoms with Crippen molar-refractivity contribution in [2.75, 3.05) is 24.2 Å². The fourth-order valence-corrected chi connectivity index (χ4v) is 4.34. The van der Waals surface area contributed by atoms with Crippen LogP contribution in [0.1, 0.15) is 40.5 Å². The molecule has 0 saturated carbocycles. The Morgan fingerprint density at radius 2 is 2.03 bits per heavy atom. The minimum atomic E-state index is -0.385. The number of aromatic nitrogens is 5. The Bertz CT molecular complexity index is 1160. The first-order chi connectivity index (χ1) is 14.4. The van der Waals surface area contributed by atoms with Crippen LogP contribution in [-0.2, 0) is 13.6 Å². The molecule has 1 atom stereocenters. The summed E-state index contributed by atoms with van der Waals surface area (Å²) in [5.41, 5.74) is 8.59. The molecule has 1 amide bonds. The zero-order valence-corrected chi connectivity index (χ0v) is 16.7. The number of hydrogen-bond donors (Lipinski definition) is 1. The van der Waals surface area contributed by atoms with Gasteiger partial charge in [-0.15, -0.1) is 10.2 Å². The predicted octanol–water partition coefficient (Wildman–Crippen LogP) is 1.92. The number of halogens is 1. The number of amides is 1. The number of nitrogens with zero attached hydrogens (tertiary/aromatic N) is 7. The molecular formula is C20H21FN8O. The SMILES string of the molecule is CN1Cc2nn(C)cc2-c2nnc(N)c(n2)N2CCC[C@@H]2c2cc(F)ccc2C1=O. The molecule has 1 aromatic carbocycles. The number of aryl methyl sites for hydroxylation is 1. The van der Waals surface area contributed by atoms with E-state index in [0.717, 1.165) is 12.8 Å². The van der Waals surface area contributed by atoms with Gasteiger partial charge in [-0.3, -0.25) is 9.48 Å². The van der Waals surface area contributed by atoms with E-state index in [1.165, 1.54) is 12.1 Å². The van der Waals surface area contributed by atoms with E-state index < -0.39 is 0 Å². The van der Waals surface area contributed by atoms with E-state index in [1.54, 1.807) is 35.9 Å². The quantitative estimate of drug-likeness (QED) is 0.606. The van der Waals surface area contributed by atoms with Gasteiger partial charge in [-0.2, -0.15) is 5.10 Å². The van der Waals surface area contributed by atoms with Gasteiger partial charge >= 0.3 is 0 Å². The van der Waals surface area contributed by atoms with E-state index in [0.29, 0.717) is 40.6 Å². The number of carbonyl (C=O) groups is 1. The number of carbonyl (C=O) groups excluding carboxylic acids is 1. The molecule has 4 heterocycles. The van der Waals surface area contributed by atoms with Gasteiger partial charge in [0.1, 0.15) is 5.82 Å². The first kappa shape index (κ1) is 18.5. The molecule has 10 heteroatoms. The summed E-state index contributed by atoms with van der Waals surface area (Å²) in [6.07, 6.45) is 3.42. The molecule has 0 radical (unpaired) electrons. The van der Waals surface area contributed by atoms with Crippen molar-refractivity contribution in [2.45, 2.75) is 25.4 Å². The fraction of sp³-hybridized carbons (Fsp3) is 0.350. The Hall–Kier alpha value is -3.56. The molecular weight excluding hydrogens is 387 g/mol. The monoisotopic (exact) mass is 408 g/mol. The van der Waals surface area contributed by atoms with Crippen LogP contribution < -0.4 is 10.6 Å². The lowest BCUT2D eigenvalue weighted by Gasteiger charge is -2.29. The van der Waals surface area contributed by atoms with Crippen molar-refractivity contribution in [1.29, 1.82) is 0 Å².